The van der Waals surface area contributed by atoms with Crippen molar-refractivity contribution in [2.24, 2.45) is 5.92 Å². The molecule has 0 bridgehead atoms. The van der Waals surface area contributed by atoms with Gasteiger partial charge in [-0.2, -0.15) is 0 Å². The highest BCUT2D eigenvalue weighted by Crippen LogP contribution is 2.18. The molecule has 0 amide bonds. The smallest absolute Gasteiger partial charge is 0.119 e. The predicted molar refractivity (Wildman–Crippen MR) is 89.0 cm³/mol. The van der Waals surface area contributed by atoms with Gasteiger partial charge in [0.25, 0.3) is 0 Å². The highest BCUT2D eigenvalue weighted by Gasteiger charge is 2.23. The summed E-state index contributed by atoms with van der Waals surface area (Å²) in [4.78, 5) is 2.59. The van der Waals surface area contributed by atoms with Gasteiger partial charge in [0.15, 0.2) is 0 Å². The number of hydrogen-bond acceptors (Lipinski definition) is 3. The molecular formula is C18H30N2O. The van der Waals surface area contributed by atoms with Crippen molar-refractivity contribution >= 4 is 0 Å². The normalized spacial score (nSPS) is 19.9. The molecule has 1 aromatic rings. The molecule has 1 heterocycles. The van der Waals surface area contributed by atoms with Gasteiger partial charge in [-0.05, 0) is 70.3 Å². The first kappa shape index (κ1) is 16.3. The zero-order chi connectivity index (χ0) is 15.3. The van der Waals surface area contributed by atoms with Crippen LogP contribution in [0.4, 0.5) is 0 Å². The average Bonchev–Trinajstić information content (AvgIpc) is 2.90. The Hall–Kier alpha value is -1.06. The highest BCUT2D eigenvalue weighted by atomic mass is 16.5. The van der Waals surface area contributed by atoms with Crippen LogP contribution >= 0.6 is 0 Å². The van der Waals surface area contributed by atoms with Crippen molar-refractivity contribution in [3.8, 4) is 5.75 Å². The Morgan fingerprint density at radius 2 is 2.14 bits per heavy atom. The van der Waals surface area contributed by atoms with E-state index < -0.39 is 0 Å². The van der Waals surface area contributed by atoms with E-state index in [4.69, 9.17) is 4.74 Å². The van der Waals surface area contributed by atoms with E-state index >= 15 is 0 Å². The second-order valence-corrected chi connectivity index (χ2v) is 7.19. The molecule has 3 heteroatoms. The molecule has 21 heavy (non-hydrogen) atoms. The van der Waals surface area contributed by atoms with Gasteiger partial charge in [-0.25, -0.2) is 0 Å². The molecule has 1 fully saturated rings. The lowest BCUT2D eigenvalue weighted by atomic mass is 10.1. The molecule has 0 saturated carbocycles. The lowest BCUT2D eigenvalue weighted by molar-refractivity contribution is 0.314. The summed E-state index contributed by atoms with van der Waals surface area (Å²) >= 11 is 0. The number of nitrogens with one attached hydrogen (secondary N) is 1. The molecule has 1 atom stereocenters. The lowest BCUT2D eigenvalue weighted by Crippen LogP contribution is -2.39. The number of rotatable bonds is 6. The Morgan fingerprint density at radius 1 is 1.33 bits per heavy atom. The van der Waals surface area contributed by atoms with Crippen molar-refractivity contribution in [2.75, 3.05) is 33.3 Å². The van der Waals surface area contributed by atoms with E-state index in [1.165, 1.54) is 25.1 Å². The van der Waals surface area contributed by atoms with E-state index in [0.29, 0.717) is 0 Å². The number of likely N-dealkylation sites (tertiary alicyclic amines) is 1. The molecule has 3 nitrogen and oxygen atoms in total. The fourth-order valence-corrected chi connectivity index (χ4v) is 2.85. The van der Waals surface area contributed by atoms with Crippen LogP contribution in [-0.4, -0.2) is 43.7 Å². The molecule has 1 unspecified atom stereocenters. The zero-order valence-electron chi connectivity index (χ0n) is 14.0. The van der Waals surface area contributed by atoms with Gasteiger partial charge in [0.05, 0.1) is 7.11 Å². The first-order chi connectivity index (χ1) is 9.96. The van der Waals surface area contributed by atoms with Gasteiger partial charge in [-0.3, -0.25) is 0 Å². The summed E-state index contributed by atoms with van der Waals surface area (Å²) in [7, 11) is 1.73. The number of nitrogens with zero attached hydrogens (tertiary/aromatic N) is 1. The molecule has 0 spiro atoms. The predicted octanol–water partition coefficient (Wildman–Crippen LogP) is 2.95. The van der Waals surface area contributed by atoms with Crippen molar-refractivity contribution in [1.29, 1.82) is 0 Å². The minimum absolute atomic E-state index is 0.230. The van der Waals surface area contributed by atoms with Crippen molar-refractivity contribution in [3.63, 3.8) is 0 Å². The summed E-state index contributed by atoms with van der Waals surface area (Å²) in [5, 5.41) is 3.63. The van der Waals surface area contributed by atoms with Crippen LogP contribution in [0.15, 0.2) is 24.3 Å². The van der Waals surface area contributed by atoms with Gasteiger partial charge in [0, 0.05) is 18.6 Å². The Labute approximate surface area is 129 Å². The van der Waals surface area contributed by atoms with Crippen LogP contribution in [-0.2, 0) is 6.42 Å². The summed E-state index contributed by atoms with van der Waals surface area (Å²) in [6.07, 6.45) is 2.43. The van der Waals surface area contributed by atoms with Crippen molar-refractivity contribution in [3.05, 3.63) is 29.8 Å². The minimum Gasteiger partial charge on any atom is -0.497 e. The van der Waals surface area contributed by atoms with Crippen molar-refractivity contribution in [1.82, 2.24) is 10.2 Å². The summed E-state index contributed by atoms with van der Waals surface area (Å²) in [5.74, 6) is 1.76. The Balaban J connectivity index is 1.72. The second kappa shape index (κ2) is 7.28. The monoisotopic (exact) mass is 290 g/mol. The van der Waals surface area contributed by atoms with Gasteiger partial charge in [-0.1, -0.05) is 12.1 Å². The average molecular weight is 290 g/mol. The molecule has 1 aliphatic heterocycles. The SMILES string of the molecule is COc1cccc(CCN2CCC(CNC(C)(C)C)C2)c1. The fourth-order valence-electron chi connectivity index (χ4n) is 2.85. The van der Waals surface area contributed by atoms with E-state index in [9.17, 15) is 0 Å². The summed E-state index contributed by atoms with van der Waals surface area (Å²) in [5.41, 5.74) is 1.60. The number of benzene rings is 1. The van der Waals surface area contributed by atoms with Crippen LogP contribution in [0, 0.1) is 5.92 Å². The van der Waals surface area contributed by atoms with Crippen LogP contribution in [0.1, 0.15) is 32.8 Å². The minimum atomic E-state index is 0.230. The Bertz CT molecular complexity index is 439. The fraction of sp³-hybridized carbons (Fsp3) is 0.667. The molecule has 2 rings (SSSR count). The standard InChI is InChI=1S/C18H30N2O/c1-18(2,3)19-13-16-9-11-20(14-16)10-8-15-6-5-7-17(12-15)21-4/h5-7,12,16,19H,8-11,13-14H2,1-4H3. The van der Waals surface area contributed by atoms with Crippen LogP contribution in [0.5, 0.6) is 5.75 Å². The molecule has 1 N–H and O–H groups in total. The Morgan fingerprint density at radius 3 is 2.86 bits per heavy atom. The third kappa shape index (κ3) is 5.68. The van der Waals surface area contributed by atoms with E-state index in [0.717, 1.165) is 31.2 Å². The van der Waals surface area contributed by atoms with E-state index in [2.05, 4.69) is 49.2 Å². The van der Waals surface area contributed by atoms with Crippen LogP contribution in [0.25, 0.3) is 0 Å². The van der Waals surface area contributed by atoms with Gasteiger partial charge in [0.2, 0.25) is 0 Å². The Kier molecular flexibility index (Phi) is 5.65. The largest absolute Gasteiger partial charge is 0.497 e. The third-order valence-electron chi connectivity index (χ3n) is 4.14. The second-order valence-electron chi connectivity index (χ2n) is 7.19. The lowest BCUT2D eigenvalue weighted by Gasteiger charge is -2.23. The molecular weight excluding hydrogens is 260 g/mol. The summed E-state index contributed by atoms with van der Waals surface area (Å²) < 4.78 is 5.29. The van der Waals surface area contributed by atoms with Crippen LogP contribution < -0.4 is 10.1 Å². The van der Waals surface area contributed by atoms with E-state index in [1.807, 2.05) is 6.07 Å². The van der Waals surface area contributed by atoms with Gasteiger partial charge in [0.1, 0.15) is 5.75 Å². The third-order valence-corrected chi connectivity index (χ3v) is 4.14. The summed E-state index contributed by atoms with van der Waals surface area (Å²) in [6.45, 7) is 11.5. The molecule has 0 aliphatic carbocycles. The first-order valence-corrected chi connectivity index (χ1v) is 8.06. The molecule has 118 valence electrons. The number of hydrogen-bond donors (Lipinski definition) is 1. The van der Waals surface area contributed by atoms with Gasteiger partial charge in [-0.15, -0.1) is 0 Å². The van der Waals surface area contributed by atoms with E-state index in [1.54, 1.807) is 7.11 Å². The number of methoxy groups -OCH3 is 1. The maximum Gasteiger partial charge on any atom is 0.119 e. The molecule has 0 radical (unpaired) electrons. The quantitative estimate of drug-likeness (QED) is 0.872. The highest BCUT2D eigenvalue weighted by molar-refractivity contribution is 5.28. The molecule has 1 aromatic carbocycles. The van der Waals surface area contributed by atoms with Crippen molar-refractivity contribution in [2.45, 2.75) is 39.2 Å². The van der Waals surface area contributed by atoms with Crippen molar-refractivity contribution < 1.29 is 4.74 Å². The maximum atomic E-state index is 5.29. The molecule has 1 aliphatic rings. The molecule has 0 aromatic heterocycles. The van der Waals surface area contributed by atoms with Crippen LogP contribution in [0.3, 0.4) is 0 Å². The summed E-state index contributed by atoms with van der Waals surface area (Å²) in [6, 6.07) is 8.42. The molecule has 1 saturated heterocycles. The first-order valence-electron chi connectivity index (χ1n) is 8.06. The topological polar surface area (TPSA) is 24.5 Å². The van der Waals surface area contributed by atoms with Gasteiger partial charge >= 0.3 is 0 Å². The van der Waals surface area contributed by atoms with E-state index in [-0.39, 0.29) is 5.54 Å². The zero-order valence-corrected chi connectivity index (χ0v) is 14.0. The number of ether oxygens (including phenoxy) is 1. The van der Waals surface area contributed by atoms with Crippen LogP contribution in [0.2, 0.25) is 0 Å². The maximum absolute atomic E-state index is 5.29. The van der Waals surface area contributed by atoms with Gasteiger partial charge < -0.3 is 15.0 Å².